The summed E-state index contributed by atoms with van der Waals surface area (Å²) in [4.78, 5) is 15.1. The molecule has 0 aliphatic heterocycles. The molecule has 19 heavy (non-hydrogen) atoms. The van der Waals surface area contributed by atoms with Gasteiger partial charge in [0, 0.05) is 40.8 Å². The summed E-state index contributed by atoms with van der Waals surface area (Å²) in [6.07, 6.45) is 3.58. The first-order valence-corrected chi connectivity index (χ1v) is 7.21. The Bertz CT molecular complexity index is 591. The molecule has 0 aliphatic rings. The summed E-state index contributed by atoms with van der Waals surface area (Å²) in [6.45, 7) is 4.30. The van der Waals surface area contributed by atoms with Crippen LogP contribution in [0.2, 0.25) is 0 Å². The molecule has 100 valence electrons. The molecule has 0 atom stereocenters. The SMILES string of the molecule is C=CCSCCNC(=O)c1c[nH]c2cc(N)ccc12. The number of benzene rings is 1. The third-order valence-corrected chi connectivity index (χ3v) is 3.68. The van der Waals surface area contributed by atoms with Crippen LogP contribution in [0.3, 0.4) is 0 Å². The van der Waals surface area contributed by atoms with Crippen LogP contribution in [0, 0.1) is 0 Å². The first-order valence-electron chi connectivity index (χ1n) is 6.06. The van der Waals surface area contributed by atoms with Crippen LogP contribution in [0.25, 0.3) is 10.9 Å². The van der Waals surface area contributed by atoms with Crippen molar-refractivity contribution in [1.29, 1.82) is 0 Å². The lowest BCUT2D eigenvalue weighted by atomic mass is 10.1. The highest BCUT2D eigenvalue weighted by molar-refractivity contribution is 7.99. The zero-order chi connectivity index (χ0) is 13.7. The maximum atomic E-state index is 12.0. The molecule has 0 unspecified atom stereocenters. The molecule has 0 fully saturated rings. The minimum atomic E-state index is -0.0600. The summed E-state index contributed by atoms with van der Waals surface area (Å²) >= 11 is 1.74. The monoisotopic (exact) mass is 275 g/mol. The highest BCUT2D eigenvalue weighted by atomic mass is 32.2. The number of hydrogen-bond acceptors (Lipinski definition) is 3. The molecule has 4 nitrogen and oxygen atoms in total. The third-order valence-electron chi connectivity index (χ3n) is 2.72. The van der Waals surface area contributed by atoms with Crippen LogP contribution in [0.5, 0.6) is 0 Å². The second-order valence-electron chi connectivity index (χ2n) is 4.13. The van der Waals surface area contributed by atoms with Crippen molar-refractivity contribution >= 4 is 34.3 Å². The number of fused-ring (bicyclic) bond motifs is 1. The molecule has 4 N–H and O–H groups in total. The molecule has 1 heterocycles. The largest absolute Gasteiger partial charge is 0.399 e. The van der Waals surface area contributed by atoms with Gasteiger partial charge in [0.2, 0.25) is 0 Å². The fourth-order valence-electron chi connectivity index (χ4n) is 1.83. The van der Waals surface area contributed by atoms with Crippen molar-refractivity contribution in [3.8, 4) is 0 Å². The van der Waals surface area contributed by atoms with Gasteiger partial charge in [0.15, 0.2) is 0 Å². The summed E-state index contributed by atoms with van der Waals surface area (Å²) in [6, 6.07) is 5.49. The maximum absolute atomic E-state index is 12.0. The van der Waals surface area contributed by atoms with E-state index in [1.165, 1.54) is 0 Å². The molecule has 0 radical (unpaired) electrons. The predicted molar refractivity (Wildman–Crippen MR) is 82.6 cm³/mol. The van der Waals surface area contributed by atoms with Crippen molar-refractivity contribution in [2.45, 2.75) is 0 Å². The Kier molecular flexibility index (Phi) is 4.52. The first-order chi connectivity index (χ1) is 9.22. The number of nitrogen functional groups attached to an aromatic ring is 1. The minimum absolute atomic E-state index is 0.0600. The van der Waals surface area contributed by atoms with E-state index < -0.39 is 0 Å². The molecular formula is C14H17N3OS. The second kappa shape index (κ2) is 6.33. The number of amides is 1. The third kappa shape index (κ3) is 3.32. The van der Waals surface area contributed by atoms with E-state index in [2.05, 4.69) is 16.9 Å². The topological polar surface area (TPSA) is 70.9 Å². The summed E-state index contributed by atoms with van der Waals surface area (Å²) in [5, 5.41) is 3.80. The number of thioether (sulfide) groups is 1. The number of aromatic nitrogens is 1. The molecule has 2 rings (SSSR count). The summed E-state index contributed by atoms with van der Waals surface area (Å²) < 4.78 is 0. The highest BCUT2D eigenvalue weighted by Crippen LogP contribution is 2.20. The van der Waals surface area contributed by atoms with Gasteiger partial charge in [-0.1, -0.05) is 6.08 Å². The molecule has 1 amide bonds. The lowest BCUT2D eigenvalue weighted by Gasteiger charge is -2.03. The van der Waals surface area contributed by atoms with Crippen molar-refractivity contribution in [1.82, 2.24) is 10.3 Å². The van der Waals surface area contributed by atoms with Gasteiger partial charge in [-0.15, -0.1) is 6.58 Å². The van der Waals surface area contributed by atoms with Gasteiger partial charge in [0.25, 0.3) is 5.91 Å². The standard InChI is InChI=1S/C14H17N3OS/c1-2-6-19-7-5-16-14(18)12-9-17-13-8-10(15)3-4-11(12)13/h2-4,8-9,17H,1,5-7,15H2,(H,16,18). The molecule has 0 spiro atoms. The van der Waals surface area contributed by atoms with Crippen molar-refractivity contribution in [2.24, 2.45) is 0 Å². The van der Waals surface area contributed by atoms with Gasteiger partial charge in [-0.3, -0.25) is 4.79 Å². The number of carbonyl (C=O) groups excluding carboxylic acids is 1. The fraction of sp³-hybridized carbons (Fsp3) is 0.214. The van der Waals surface area contributed by atoms with Gasteiger partial charge in [-0.05, 0) is 18.2 Å². The van der Waals surface area contributed by atoms with Crippen molar-refractivity contribution < 1.29 is 4.79 Å². The van der Waals surface area contributed by atoms with E-state index in [9.17, 15) is 4.79 Å². The number of rotatable bonds is 6. The van der Waals surface area contributed by atoms with Crippen LogP contribution in [0.4, 0.5) is 5.69 Å². The van der Waals surface area contributed by atoms with Gasteiger partial charge in [0.1, 0.15) is 0 Å². The van der Waals surface area contributed by atoms with Crippen molar-refractivity contribution in [2.75, 3.05) is 23.8 Å². The quantitative estimate of drug-likeness (QED) is 0.431. The Balaban J connectivity index is 1.99. The summed E-state index contributed by atoms with van der Waals surface area (Å²) in [7, 11) is 0. The van der Waals surface area contributed by atoms with Crippen molar-refractivity contribution in [3.05, 3.63) is 42.6 Å². The van der Waals surface area contributed by atoms with E-state index in [-0.39, 0.29) is 5.91 Å². The Labute approximate surface area is 116 Å². The van der Waals surface area contributed by atoms with Crippen LogP contribution in [0.15, 0.2) is 37.1 Å². The van der Waals surface area contributed by atoms with E-state index in [0.29, 0.717) is 17.8 Å². The molecular weight excluding hydrogens is 258 g/mol. The highest BCUT2D eigenvalue weighted by Gasteiger charge is 2.11. The van der Waals surface area contributed by atoms with E-state index in [0.717, 1.165) is 22.4 Å². The summed E-state index contributed by atoms with van der Waals surface area (Å²) in [5.41, 5.74) is 7.92. The van der Waals surface area contributed by atoms with Gasteiger partial charge in [-0.25, -0.2) is 0 Å². The van der Waals surface area contributed by atoms with E-state index in [1.54, 1.807) is 24.0 Å². The Morgan fingerprint density at radius 2 is 2.37 bits per heavy atom. The predicted octanol–water partition coefficient (Wildman–Crippen LogP) is 2.40. The normalized spacial score (nSPS) is 10.5. The smallest absolute Gasteiger partial charge is 0.253 e. The van der Waals surface area contributed by atoms with E-state index in [1.807, 2.05) is 18.2 Å². The average molecular weight is 275 g/mol. The molecule has 1 aromatic heterocycles. The van der Waals surface area contributed by atoms with Crippen LogP contribution < -0.4 is 11.1 Å². The average Bonchev–Trinajstić information content (AvgIpc) is 2.81. The number of aromatic amines is 1. The number of nitrogens with two attached hydrogens (primary N) is 1. The molecule has 5 heteroatoms. The zero-order valence-corrected chi connectivity index (χ0v) is 11.4. The number of anilines is 1. The lowest BCUT2D eigenvalue weighted by Crippen LogP contribution is -2.25. The zero-order valence-electron chi connectivity index (χ0n) is 10.6. The van der Waals surface area contributed by atoms with Crippen LogP contribution in [0.1, 0.15) is 10.4 Å². The lowest BCUT2D eigenvalue weighted by molar-refractivity contribution is 0.0958. The van der Waals surface area contributed by atoms with Gasteiger partial charge in [-0.2, -0.15) is 11.8 Å². The summed E-state index contributed by atoms with van der Waals surface area (Å²) in [5.74, 6) is 1.73. The first kappa shape index (κ1) is 13.5. The Morgan fingerprint density at radius 1 is 1.53 bits per heavy atom. The van der Waals surface area contributed by atoms with Crippen LogP contribution in [-0.4, -0.2) is 28.9 Å². The van der Waals surface area contributed by atoms with E-state index in [4.69, 9.17) is 5.73 Å². The molecule has 1 aromatic carbocycles. The minimum Gasteiger partial charge on any atom is -0.399 e. The van der Waals surface area contributed by atoms with Crippen LogP contribution >= 0.6 is 11.8 Å². The maximum Gasteiger partial charge on any atom is 0.253 e. The van der Waals surface area contributed by atoms with E-state index >= 15 is 0 Å². The number of H-pyrrole nitrogens is 1. The van der Waals surface area contributed by atoms with Gasteiger partial charge < -0.3 is 16.0 Å². The Hall–Kier alpha value is -1.88. The number of carbonyl (C=O) groups is 1. The van der Waals surface area contributed by atoms with Gasteiger partial charge in [0.05, 0.1) is 5.56 Å². The molecule has 0 bridgehead atoms. The van der Waals surface area contributed by atoms with Gasteiger partial charge >= 0.3 is 0 Å². The molecule has 2 aromatic rings. The van der Waals surface area contributed by atoms with Crippen molar-refractivity contribution in [3.63, 3.8) is 0 Å². The second-order valence-corrected chi connectivity index (χ2v) is 5.28. The number of nitrogens with one attached hydrogen (secondary N) is 2. The number of hydrogen-bond donors (Lipinski definition) is 3. The van der Waals surface area contributed by atoms with Crippen LogP contribution in [-0.2, 0) is 0 Å². The molecule has 0 saturated carbocycles. The fourth-order valence-corrected chi connectivity index (χ4v) is 2.41. The molecule has 0 aliphatic carbocycles. The Morgan fingerprint density at radius 3 is 3.16 bits per heavy atom. The molecule has 0 saturated heterocycles.